The van der Waals surface area contributed by atoms with E-state index in [4.69, 9.17) is 0 Å². The largest absolute Gasteiger partial charge is 0.393 e. The van der Waals surface area contributed by atoms with E-state index < -0.39 is 0 Å². The van der Waals surface area contributed by atoms with Crippen molar-refractivity contribution in [3.05, 3.63) is 18.0 Å². The van der Waals surface area contributed by atoms with E-state index >= 15 is 0 Å². The van der Waals surface area contributed by atoms with Crippen molar-refractivity contribution < 1.29 is 5.11 Å². The lowest BCUT2D eigenvalue weighted by Crippen LogP contribution is -2.29. The van der Waals surface area contributed by atoms with Crippen LogP contribution in [0.15, 0.2) is 12.3 Å². The van der Waals surface area contributed by atoms with E-state index in [1.165, 1.54) is 6.42 Å². The van der Waals surface area contributed by atoms with Crippen LogP contribution in [0.25, 0.3) is 0 Å². The van der Waals surface area contributed by atoms with Gasteiger partial charge in [-0.1, -0.05) is 6.42 Å². The number of nitrogens with zero attached hydrogens (tertiary/aromatic N) is 2. The lowest BCUT2D eigenvalue weighted by molar-refractivity contribution is 0.101. The van der Waals surface area contributed by atoms with Crippen LogP contribution in [0.1, 0.15) is 51.3 Å². The first kappa shape index (κ1) is 13.6. The molecule has 2 unspecified atom stereocenters. The van der Waals surface area contributed by atoms with E-state index in [0.717, 1.165) is 38.0 Å². The maximum absolute atomic E-state index is 9.62. The minimum atomic E-state index is -0.0781. The Morgan fingerprint density at radius 2 is 2.33 bits per heavy atom. The zero-order valence-electron chi connectivity index (χ0n) is 11.5. The molecule has 18 heavy (non-hydrogen) atoms. The lowest BCUT2D eigenvalue weighted by Gasteiger charge is -2.25. The quantitative estimate of drug-likeness (QED) is 0.842. The van der Waals surface area contributed by atoms with Crippen LogP contribution >= 0.6 is 0 Å². The number of hydrogen-bond acceptors (Lipinski definition) is 3. The highest BCUT2D eigenvalue weighted by Gasteiger charge is 2.19. The summed E-state index contributed by atoms with van der Waals surface area (Å²) in [5.41, 5.74) is 1.10. The van der Waals surface area contributed by atoms with Crippen molar-refractivity contribution in [3.8, 4) is 0 Å². The molecule has 2 N–H and O–H groups in total. The first-order valence-corrected chi connectivity index (χ1v) is 7.08. The predicted octanol–water partition coefficient (Wildman–Crippen LogP) is 2.10. The molecule has 102 valence electrons. The van der Waals surface area contributed by atoms with Gasteiger partial charge in [0.15, 0.2) is 0 Å². The van der Waals surface area contributed by atoms with Gasteiger partial charge in [-0.25, -0.2) is 0 Å². The Kier molecular flexibility index (Phi) is 4.78. The van der Waals surface area contributed by atoms with Crippen LogP contribution < -0.4 is 5.32 Å². The van der Waals surface area contributed by atoms with Gasteiger partial charge < -0.3 is 10.4 Å². The number of aromatic nitrogens is 2. The van der Waals surface area contributed by atoms with Crippen LogP contribution in [0, 0.1) is 5.92 Å². The van der Waals surface area contributed by atoms with Gasteiger partial charge in [-0.3, -0.25) is 4.68 Å². The Morgan fingerprint density at radius 1 is 1.50 bits per heavy atom. The van der Waals surface area contributed by atoms with E-state index in [2.05, 4.69) is 30.3 Å². The average Bonchev–Trinajstić information content (AvgIpc) is 2.78. The molecule has 0 aliphatic heterocycles. The van der Waals surface area contributed by atoms with Crippen molar-refractivity contribution in [2.75, 3.05) is 6.54 Å². The van der Waals surface area contributed by atoms with E-state index in [1.807, 2.05) is 10.9 Å². The van der Waals surface area contributed by atoms with Crippen LogP contribution in [0.5, 0.6) is 0 Å². The predicted molar refractivity (Wildman–Crippen MR) is 72.3 cm³/mol. The molecule has 0 radical (unpaired) electrons. The highest BCUT2D eigenvalue weighted by Crippen LogP contribution is 2.23. The van der Waals surface area contributed by atoms with E-state index in [9.17, 15) is 5.11 Å². The van der Waals surface area contributed by atoms with Gasteiger partial charge in [0.2, 0.25) is 0 Å². The van der Waals surface area contributed by atoms with Crippen LogP contribution in [-0.2, 0) is 6.54 Å². The normalized spacial score (nSPS) is 24.7. The summed E-state index contributed by atoms with van der Waals surface area (Å²) in [6.07, 6.45) is 6.29. The molecule has 0 amide bonds. The fraction of sp³-hybridized carbons (Fsp3) is 0.786. The molecule has 0 bridgehead atoms. The van der Waals surface area contributed by atoms with Gasteiger partial charge >= 0.3 is 0 Å². The van der Waals surface area contributed by atoms with Gasteiger partial charge in [0.25, 0.3) is 0 Å². The summed E-state index contributed by atoms with van der Waals surface area (Å²) in [4.78, 5) is 0. The molecule has 1 aromatic rings. The molecule has 0 aromatic carbocycles. The van der Waals surface area contributed by atoms with Gasteiger partial charge in [0, 0.05) is 18.8 Å². The van der Waals surface area contributed by atoms with Crippen LogP contribution in [0.3, 0.4) is 0 Å². The first-order valence-electron chi connectivity index (χ1n) is 7.08. The zero-order chi connectivity index (χ0) is 13.0. The highest BCUT2D eigenvalue weighted by molar-refractivity contribution is 4.99. The van der Waals surface area contributed by atoms with E-state index in [0.29, 0.717) is 12.0 Å². The number of rotatable bonds is 5. The summed E-state index contributed by atoms with van der Waals surface area (Å²) in [6, 6.07) is 2.50. The minimum Gasteiger partial charge on any atom is -0.393 e. The molecule has 1 aliphatic carbocycles. The smallest absolute Gasteiger partial charge is 0.0762 e. The standard InChI is InChI=1S/C14H25N3O/c1-11(2)17-7-6-13(16-17)10-15-9-12-4-3-5-14(18)8-12/h6-7,11-12,14-15,18H,3-5,8-10H2,1-2H3. The van der Waals surface area contributed by atoms with Crippen molar-refractivity contribution in [2.24, 2.45) is 5.92 Å². The summed E-state index contributed by atoms with van der Waals surface area (Å²) in [7, 11) is 0. The maximum Gasteiger partial charge on any atom is 0.0762 e. The van der Waals surface area contributed by atoms with E-state index in [-0.39, 0.29) is 6.10 Å². The Hall–Kier alpha value is -0.870. The minimum absolute atomic E-state index is 0.0781. The number of hydrogen-bond donors (Lipinski definition) is 2. The molecule has 1 heterocycles. The van der Waals surface area contributed by atoms with Gasteiger partial charge in [0.05, 0.1) is 11.8 Å². The molecule has 1 saturated carbocycles. The van der Waals surface area contributed by atoms with Crippen molar-refractivity contribution in [1.82, 2.24) is 15.1 Å². The third kappa shape index (κ3) is 3.82. The Balaban J connectivity index is 1.71. The molecule has 4 heteroatoms. The molecule has 4 nitrogen and oxygen atoms in total. The third-order valence-corrected chi connectivity index (χ3v) is 3.69. The topological polar surface area (TPSA) is 50.1 Å². The van der Waals surface area contributed by atoms with Crippen molar-refractivity contribution >= 4 is 0 Å². The SMILES string of the molecule is CC(C)n1ccc(CNCC2CCCC(O)C2)n1. The second-order valence-corrected chi connectivity index (χ2v) is 5.70. The van der Waals surface area contributed by atoms with Crippen LogP contribution in [0.2, 0.25) is 0 Å². The summed E-state index contributed by atoms with van der Waals surface area (Å²) in [5, 5.41) is 17.6. The molecule has 2 rings (SSSR count). The van der Waals surface area contributed by atoms with Crippen LogP contribution in [0.4, 0.5) is 0 Å². The second-order valence-electron chi connectivity index (χ2n) is 5.70. The molecular weight excluding hydrogens is 226 g/mol. The molecule has 0 spiro atoms. The van der Waals surface area contributed by atoms with Gasteiger partial charge in [-0.2, -0.15) is 5.10 Å². The molecule has 2 atom stereocenters. The van der Waals surface area contributed by atoms with Crippen molar-refractivity contribution in [3.63, 3.8) is 0 Å². The summed E-state index contributed by atoms with van der Waals surface area (Å²) >= 11 is 0. The number of aliphatic hydroxyl groups is 1. The van der Waals surface area contributed by atoms with Gasteiger partial charge in [-0.05, 0) is 51.6 Å². The maximum atomic E-state index is 9.62. The zero-order valence-corrected chi connectivity index (χ0v) is 11.5. The molecule has 1 fully saturated rings. The molecule has 1 aliphatic rings. The number of nitrogens with one attached hydrogen (secondary N) is 1. The Bertz CT molecular complexity index is 362. The third-order valence-electron chi connectivity index (χ3n) is 3.69. The second kappa shape index (κ2) is 6.34. The molecule has 0 saturated heterocycles. The average molecular weight is 251 g/mol. The first-order chi connectivity index (χ1) is 8.65. The lowest BCUT2D eigenvalue weighted by atomic mass is 9.87. The highest BCUT2D eigenvalue weighted by atomic mass is 16.3. The summed E-state index contributed by atoms with van der Waals surface area (Å²) in [6.45, 7) is 6.08. The summed E-state index contributed by atoms with van der Waals surface area (Å²) in [5.74, 6) is 0.626. The Morgan fingerprint density at radius 3 is 3.00 bits per heavy atom. The Labute approximate surface area is 109 Å². The van der Waals surface area contributed by atoms with E-state index in [1.54, 1.807) is 0 Å². The van der Waals surface area contributed by atoms with Crippen LogP contribution in [-0.4, -0.2) is 27.5 Å². The fourth-order valence-electron chi connectivity index (χ4n) is 2.61. The van der Waals surface area contributed by atoms with Crippen molar-refractivity contribution in [1.29, 1.82) is 0 Å². The van der Waals surface area contributed by atoms with Gasteiger partial charge in [-0.15, -0.1) is 0 Å². The molecule has 1 aromatic heterocycles. The summed E-state index contributed by atoms with van der Waals surface area (Å²) < 4.78 is 1.99. The molecular formula is C14H25N3O. The van der Waals surface area contributed by atoms with Gasteiger partial charge in [0.1, 0.15) is 0 Å². The number of aliphatic hydroxyl groups excluding tert-OH is 1. The van der Waals surface area contributed by atoms with Crippen molar-refractivity contribution in [2.45, 2.75) is 58.2 Å². The monoisotopic (exact) mass is 251 g/mol. The fourth-order valence-corrected chi connectivity index (χ4v) is 2.61.